The van der Waals surface area contributed by atoms with Crippen molar-refractivity contribution in [2.45, 2.75) is 19.8 Å². The maximum atomic E-state index is 6.01. The summed E-state index contributed by atoms with van der Waals surface area (Å²) in [4.78, 5) is 4.33. The van der Waals surface area contributed by atoms with E-state index in [1.807, 2.05) is 25.1 Å². The number of fused-ring (bicyclic) bond motifs is 1. The fraction of sp³-hybridized carbons (Fsp3) is 0.353. The minimum Gasteiger partial charge on any atom is -0.493 e. The van der Waals surface area contributed by atoms with Crippen molar-refractivity contribution >= 4 is 5.82 Å². The molecule has 1 aliphatic rings. The van der Waals surface area contributed by atoms with Crippen molar-refractivity contribution in [1.82, 2.24) is 4.98 Å². The predicted molar refractivity (Wildman–Crippen MR) is 82.8 cm³/mol. The van der Waals surface area contributed by atoms with Gasteiger partial charge in [-0.1, -0.05) is 18.2 Å². The van der Waals surface area contributed by atoms with Gasteiger partial charge in [0.2, 0.25) is 0 Å². The first-order chi connectivity index (χ1) is 10.2. The van der Waals surface area contributed by atoms with E-state index in [4.69, 9.17) is 15.2 Å². The predicted octanol–water partition coefficient (Wildman–Crippen LogP) is 2.77. The number of hydrogen-bond donors (Lipinski definition) is 1. The van der Waals surface area contributed by atoms with Gasteiger partial charge in [-0.05, 0) is 43.0 Å². The van der Waals surface area contributed by atoms with Gasteiger partial charge in [-0.3, -0.25) is 0 Å². The average molecular weight is 284 g/mol. The number of para-hydroxylation sites is 1. The molecule has 2 heterocycles. The van der Waals surface area contributed by atoms with Gasteiger partial charge in [-0.25, -0.2) is 4.98 Å². The summed E-state index contributed by atoms with van der Waals surface area (Å²) in [5, 5.41) is 0. The highest BCUT2D eigenvalue weighted by molar-refractivity contribution is 5.48. The second kappa shape index (κ2) is 5.64. The fourth-order valence-electron chi connectivity index (χ4n) is 2.84. The lowest BCUT2D eigenvalue weighted by Crippen LogP contribution is -2.23. The van der Waals surface area contributed by atoms with Crippen molar-refractivity contribution < 1.29 is 9.47 Å². The van der Waals surface area contributed by atoms with Crippen LogP contribution < -0.4 is 15.2 Å². The molecule has 2 N–H and O–H groups in total. The molecule has 2 aromatic rings. The van der Waals surface area contributed by atoms with E-state index < -0.39 is 0 Å². The molecular formula is C17H20N2O2. The number of aromatic nitrogens is 1. The summed E-state index contributed by atoms with van der Waals surface area (Å²) in [7, 11) is 1.67. The van der Waals surface area contributed by atoms with Gasteiger partial charge in [0, 0.05) is 11.6 Å². The number of nitrogen functional groups attached to an aromatic ring is 1. The van der Waals surface area contributed by atoms with E-state index in [-0.39, 0.29) is 0 Å². The van der Waals surface area contributed by atoms with Gasteiger partial charge in [-0.2, -0.15) is 0 Å². The molecule has 0 fully saturated rings. The van der Waals surface area contributed by atoms with E-state index in [1.165, 1.54) is 5.56 Å². The number of methoxy groups -OCH3 is 1. The Morgan fingerprint density at radius 2 is 2.19 bits per heavy atom. The number of aryl methyl sites for hydroxylation is 1. The molecule has 4 heteroatoms. The molecule has 0 spiro atoms. The third kappa shape index (κ3) is 2.79. The summed E-state index contributed by atoms with van der Waals surface area (Å²) in [6.45, 7) is 2.63. The van der Waals surface area contributed by atoms with E-state index in [0.29, 0.717) is 18.3 Å². The molecule has 0 saturated carbocycles. The lowest BCUT2D eigenvalue weighted by Gasteiger charge is -2.26. The Hall–Kier alpha value is -2.23. The van der Waals surface area contributed by atoms with Crippen LogP contribution >= 0.6 is 0 Å². The summed E-state index contributed by atoms with van der Waals surface area (Å²) >= 11 is 0. The van der Waals surface area contributed by atoms with E-state index in [1.54, 1.807) is 7.11 Å². The molecule has 0 amide bonds. The van der Waals surface area contributed by atoms with Crippen LogP contribution in [-0.4, -0.2) is 18.7 Å². The number of nitrogens with two attached hydrogens (primary N) is 1. The maximum Gasteiger partial charge on any atom is 0.164 e. The molecule has 1 aromatic heterocycles. The number of hydrogen-bond acceptors (Lipinski definition) is 4. The van der Waals surface area contributed by atoms with Crippen LogP contribution in [0.4, 0.5) is 5.82 Å². The Morgan fingerprint density at radius 1 is 1.33 bits per heavy atom. The molecule has 21 heavy (non-hydrogen) atoms. The highest BCUT2D eigenvalue weighted by atomic mass is 16.5. The Bertz CT molecular complexity index is 655. The number of ether oxygens (including phenoxy) is 2. The summed E-state index contributed by atoms with van der Waals surface area (Å²) in [6, 6.07) is 10.1. The molecule has 0 aliphatic carbocycles. The quantitative estimate of drug-likeness (QED) is 0.941. The molecule has 1 aromatic carbocycles. The minimum absolute atomic E-state index is 0.413. The van der Waals surface area contributed by atoms with Crippen molar-refractivity contribution in [2.24, 2.45) is 5.92 Å². The van der Waals surface area contributed by atoms with Gasteiger partial charge in [0.25, 0.3) is 0 Å². The average Bonchev–Trinajstić information content (AvgIpc) is 2.49. The largest absolute Gasteiger partial charge is 0.493 e. The normalized spacial score (nSPS) is 17.0. The lowest BCUT2D eigenvalue weighted by molar-refractivity contribution is 0.211. The molecule has 0 radical (unpaired) electrons. The van der Waals surface area contributed by atoms with Gasteiger partial charge in [0.1, 0.15) is 5.82 Å². The molecule has 4 nitrogen and oxygen atoms in total. The van der Waals surface area contributed by atoms with Crippen LogP contribution in [0.15, 0.2) is 30.3 Å². The van der Waals surface area contributed by atoms with Crippen LogP contribution in [0.3, 0.4) is 0 Å². The van der Waals surface area contributed by atoms with Crippen molar-refractivity contribution in [3.8, 4) is 11.5 Å². The fourth-order valence-corrected chi connectivity index (χ4v) is 2.84. The Labute approximate surface area is 124 Å². The van der Waals surface area contributed by atoms with Gasteiger partial charge in [0.15, 0.2) is 11.5 Å². The van der Waals surface area contributed by atoms with E-state index in [2.05, 4.69) is 17.1 Å². The van der Waals surface area contributed by atoms with Crippen LogP contribution in [-0.2, 0) is 12.8 Å². The van der Waals surface area contributed by atoms with Crippen molar-refractivity contribution in [1.29, 1.82) is 0 Å². The Balaban J connectivity index is 1.77. The molecule has 1 atom stereocenters. The van der Waals surface area contributed by atoms with E-state index in [0.717, 1.165) is 35.6 Å². The molecule has 110 valence electrons. The van der Waals surface area contributed by atoms with Crippen LogP contribution in [0, 0.1) is 12.8 Å². The third-order valence-electron chi connectivity index (χ3n) is 3.91. The number of nitrogens with zero attached hydrogens (tertiary/aromatic N) is 1. The lowest BCUT2D eigenvalue weighted by atomic mass is 9.91. The zero-order valence-electron chi connectivity index (χ0n) is 12.4. The summed E-state index contributed by atoms with van der Waals surface area (Å²) < 4.78 is 11.3. The van der Waals surface area contributed by atoms with Crippen LogP contribution in [0.2, 0.25) is 0 Å². The minimum atomic E-state index is 0.413. The SMILES string of the molecule is COc1cccc2c1OC[C@@H](Cc1ccc(C)nc1N)C2. The van der Waals surface area contributed by atoms with Gasteiger partial charge in [-0.15, -0.1) is 0 Å². The first kappa shape index (κ1) is 13.7. The zero-order chi connectivity index (χ0) is 14.8. The van der Waals surface area contributed by atoms with Crippen molar-refractivity contribution in [3.63, 3.8) is 0 Å². The monoisotopic (exact) mass is 284 g/mol. The number of benzene rings is 1. The molecular weight excluding hydrogens is 264 g/mol. The summed E-state index contributed by atoms with van der Waals surface area (Å²) in [5.41, 5.74) is 9.25. The van der Waals surface area contributed by atoms with Gasteiger partial charge < -0.3 is 15.2 Å². The van der Waals surface area contributed by atoms with Crippen LogP contribution in [0.5, 0.6) is 11.5 Å². The topological polar surface area (TPSA) is 57.4 Å². The van der Waals surface area contributed by atoms with Crippen molar-refractivity contribution in [2.75, 3.05) is 19.5 Å². The smallest absolute Gasteiger partial charge is 0.164 e. The highest BCUT2D eigenvalue weighted by Crippen LogP contribution is 2.36. The standard InChI is InChI=1S/C17H20N2O2/c1-11-6-7-14(17(18)19-11)9-12-8-13-4-3-5-15(20-2)16(13)21-10-12/h3-7,12H,8-10H2,1-2H3,(H2,18,19)/t12-/m1/s1. The van der Waals surface area contributed by atoms with E-state index in [9.17, 15) is 0 Å². The third-order valence-corrected chi connectivity index (χ3v) is 3.91. The second-order valence-corrected chi connectivity index (χ2v) is 5.53. The van der Waals surface area contributed by atoms with Crippen molar-refractivity contribution in [3.05, 3.63) is 47.2 Å². The molecule has 0 bridgehead atoms. The summed E-state index contributed by atoms with van der Waals surface area (Å²) in [6.07, 6.45) is 1.86. The van der Waals surface area contributed by atoms with Gasteiger partial charge >= 0.3 is 0 Å². The van der Waals surface area contributed by atoms with E-state index >= 15 is 0 Å². The van der Waals surface area contributed by atoms with Crippen LogP contribution in [0.1, 0.15) is 16.8 Å². The molecule has 1 aliphatic heterocycles. The Kier molecular flexibility index (Phi) is 3.69. The first-order valence-corrected chi connectivity index (χ1v) is 7.18. The second-order valence-electron chi connectivity index (χ2n) is 5.53. The highest BCUT2D eigenvalue weighted by Gasteiger charge is 2.23. The van der Waals surface area contributed by atoms with Gasteiger partial charge in [0.05, 0.1) is 13.7 Å². The maximum absolute atomic E-state index is 6.01. The number of pyridine rings is 1. The molecule has 0 unspecified atom stereocenters. The Morgan fingerprint density at radius 3 is 2.95 bits per heavy atom. The molecule has 0 saturated heterocycles. The van der Waals surface area contributed by atoms with Crippen LogP contribution in [0.25, 0.3) is 0 Å². The molecule has 3 rings (SSSR count). The first-order valence-electron chi connectivity index (χ1n) is 7.18. The zero-order valence-corrected chi connectivity index (χ0v) is 12.4. The number of anilines is 1. The number of rotatable bonds is 3. The summed E-state index contributed by atoms with van der Waals surface area (Å²) in [5.74, 6) is 2.73.